The third kappa shape index (κ3) is 4.15. The first-order chi connectivity index (χ1) is 16.1. The van der Waals surface area contributed by atoms with E-state index in [1.165, 1.54) is 12.1 Å². The van der Waals surface area contributed by atoms with Gasteiger partial charge in [0.1, 0.15) is 5.82 Å². The molecule has 0 aliphatic heterocycles. The third-order valence-electron chi connectivity index (χ3n) is 5.86. The van der Waals surface area contributed by atoms with Crippen molar-refractivity contribution in [3.8, 4) is 0 Å². The molecule has 0 saturated carbocycles. The number of nitrogens with zero attached hydrogens (tertiary/aromatic N) is 1. The highest BCUT2D eigenvalue weighted by Gasteiger charge is 2.21. The second kappa shape index (κ2) is 8.74. The van der Waals surface area contributed by atoms with Crippen LogP contribution in [0.4, 0.5) is 4.39 Å². The van der Waals surface area contributed by atoms with Gasteiger partial charge < -0.3 is 14.9 Å². The monoisotopic (exact) mass is 439 g/mol. The van der Waals surface area contributed by atoms with Gasteiger partial charge in [-0.1, -0.05) is 48.5 Å². The average Bonchev–Trinajstić information content (AvgIpc) is 3.42. The van der Waals surface area contributed by atoms with Gasteiger partial charge in [-0.2, -0.15) is 0 Å². The Hall–Kier alpha value is -4.19. The van der Waals surface area contributed by atoms with Crippen LogP contribution in [0.3, 0.4) is 0 Å². The second-order valence-corrected chi connectivity index (χ2v) is 8.01. The molecule has 164 valence electrons. The van der Waals surface area contributed by atoms with Crippen LogP contribution < -0.4 is 5.32 Å². The molecule has 1 amide bonds. The lowest BCUT2D eigenvalue weighted by Gasteiger charge is -2.05. The van der Waals surface area contributed by atoms with E-state index >= 15 is 0 Å². The Bertz CT molecular complexity index is 1460. The van der Waals surface area contributed by atoms with E-state index in [-0.39, 0.29) is 5.82 Å². The van der Waals surface area contributed by atoms with E-state index in [4.69, 9.17) is 0 Å². The lowest BCUT2D eigenvalue weighted by Crippen LogP contribution is -2.32. The number of rotatable bonds is 7. The van der Waals surface area contributed by atoms with Crippen LogP contribution in [0, 0.1) is 5.82 Å². The van der Waals surface area contributed by atoms with Crippen molar-refractivity contribution in [3.05, 3.63) is 108 Å². The van der Waals surface area contributed by atoms with Crippen molar-refractivity contribution < 1.29 is 14.0 Å². The van der Waals surface area contributed by atoms with E-state index < -0.39 is 11.7 Å². The molecule has 6 heteroatoms. The SMILES string of the molecule is O=C(NCCc1c[nH]c2ccccc12)C(=O)c1cn(Cc2ccc(F)cc2)c2ccccc12. The number of fused-ring (bicyclic) bond motifs is 2. The minimum atomic E-state index is -0.625. The first kappa shape index (κ1) is 20.7. The molecule has 2 aromatic heterocycles. The summed E-state index contributed by atoms with van der Waals surface area (Å²) in [5.41, 5.74) is 4.24. The number of aromatic nitrogens is 2. The van der Waals surface area contributed by atoms with Crippen molar-refractivity contribution in [2.45, 2.75) is 13.0 Å². The molecule has 3 aromatic carbocycles. The van der Waals surface area contributed by atoms with Crippen molar-refractivity contribution in [1.82, 2.24) is 14.9 Å². The number of H-pyrrole nitrogens is 1. The maximum atomic E-state index is 13.2. The van der Waals surface area contributed by atoms with E-state index in [2.05, 4.69) is 10.3 Å². The molecule has 0 atom stereocenters. The normalized spacial score (nSPS) is 11.2. The zero-order valence-electron chi connectivity index (χ0n) is 17.8. The molecule has 0 unspecified atom stereocenters. The van der Waals surface area contributed by atoms with Gasteiger partial charge in [-0.25, -0.2) is 4.39 Å². The molecule has 0 fully saturated rings. The largest absolute Gasteiger partial charge is 0.361 e. The predicted octanol–water partition coefficient (Wildman–Crippen LogP) is 4.85. The van der Waals surface area contributed by atoms with Gasteiger partial charge in [0.05, 0.1) is 5.56 Å². The van der Waals surface area contributed by atoms with Crippen LogP contribution in [-0.2, 0) is 17.8 Å². The number of ketones is 1. The maximum Gasteiger partial charge on any atom is 0.292 e. The van der Waals surface area contributed by atoms with Crippen LogP contribution in [0.15, 0.2) is 85.2 Å². The number of para-hydroxylation sites is 2. The molecule has 5 aromatic rings. The third-order valence-corrected chi connectivity index (χ3v) is 5.86. The van der Waals surface area contributed by atoms with Crippen LogP contribution in [0.1, 0.15) is 21.5 Å². The summed E-state index contributed by atoms with van der Waals surface area (Å²) in [7, 11) is 0. The lowest BCUT2D eigenvalue weighted by atomic mass is 10.1. The number of Topliss-reactive ketones (excluding diaryl/α,β-unsaturated/α-hetero) is 1. The molecule has 5 rings (SSSR count). The Kier molecular flexibility index (Phi) is 5.48. The summed E-state index contributed by atoms with van der Waals surface area (Å²) in [6, 6.07) is 21.7. The fraction of sp³-hybridized carbons (Fsp3) is 0.111. The number of carbonyl (C=O) groups is 2. The summed E-state index contributed by atoms with van der Waals surface area (Å²) in [5, 5.41) is 4.59. The highest BCUT2D eigenvalue weighted by atomic mass is 19.1. The lowest BCUT2D eigenvalue weighted by molar-refractivity contribution is -0.116. The van der Waals surface area contributed by atoms with Gasteiger partial charge >= 0.3 is 0 Å². The average molecular weight is 439 g/mol. The molecule has 0 aliphatic carbocycles. The number of benzene rings is 3. The maximum absolute atomic E-state index is 13.2. The number of carbonyl (C=O) groups excluding carboxylic acids is 2. The summed E-state index contributed by atoms with van der Waals surface area (Å²) in [6.45, 7) is 0.830. The van der Waals surface area contributed by atoms with Crippen molar-refractivity contribution in [2.75, 3.05) is 6.54 Å². The quantitative estimate of drug-likeness (QED) is 0.281. The van der Waals surface area contributed by atoms with Crippen molar-refractivity contribution >= 4 is 33.5 Å². The molecule has 0 aliphatic rings. The second-order valence-electron chi connectivity index (χ2n) is 8.01. The zero-order chi connectivity index (χ0) is 22.8. The summed E-state index contributed by atoms with van der Waals surface area (Å²) in [4.78, 5) is 28.9. The molecule has 2 heterocycles. The molecular weight excluding hydrogens is 417 g/mol. The molecule has 0 saturated heterocycles. The molecular formula is C27H22FN3O2. The Morgan fingerprint density at radius 2 is 1.64 bits per heavy atom. The van der Waals surface area contributed by atoms with Crippen LogP contribution in [0.2, 0.25) is 0 Å². The zero-order valence-corrected chi connectivity index (χ0v) is 17.8. The first-order valence-corrected chi connectivity index (χ1v) is 10.8. The summed E-state index contributed by atoms with van der Waals surface area (Å²) >= 11 is 0. The van der Waals surface area contributed by atoms with Gasteiger partial charge in [-0.3, -0.25) is 9.59 Å². The molecule has 33 heavy (non-hydrogen) atoms. The van der Waals surface area contributed by atoms with Gasteiger partial charge in [-0.15, -0.1) is 0 Å². The number of amides is 1. The van der Waals surface area contributed by atoms with E-state index in [1.54, 1.807) is 18.3 Å². The van der Waals surface area contributed by atoms with E-state index in [1.807, 2.05) is 59.3 Å². The van der Waals surface area contributed by atoms with Gasteiger partial charge in [0.15, 0.2) is 0 Å². The van der Waals surface area contributed by atoms with E-state index in [9.17, 15) is 14.0 Å². The van der Waals surface area contributed by atoms with Crippen LogP contribution in [0.25, 0.3) is 21.8 Å². The number of halogens is 1. The minimum absolute atomic E-state index is 0.295. The summed E-state index contributed by atoms with van der Waals surface area (Å²) < 4.78 is 15.2. The Morgan fingerprint density at radius 1 is 0.909 bits per heavy atom. The Labute approximate surface area is 189 Å². The van der Waals surface area contributed by atoms with E-state index in [0.29, 0.717) is 25.1 Å². The molecule has 0 bridgehead atoms. The number of hydrogen-bond donors (Lipinski definition) is 2. The topological polar surface area (TPSA) is 66.9 Å². The molecule has 2 N–H and O–H groups in total. The molecule has 0 radical (unpaired) electrons. The standard InChI is InChI=1S/C27H22FN3O2/c28-20-11-9-18(10-12-20)16-31-17-23(22-6-2-4-8-25(22)31)26(32)27(33)29-14-13-19-15-30-24-7-3-1-5-21(19)24/h1-12,15,17,30H,13-14,16H2,(H,29,33). The Morgan fingerprint density at radius 3 is 2.45 bits per heavy atom. The smallest absolute Gasteiger partial charge is 0.292 e. The summed E-state index contributed by atoms with van der Waals surface area (Å²) in [5.74, 6) is -1.49. The number of hydrogen-bond acceptors (Lipinski definition) is 2. The first-order valence-electron chi connectivity index (χ1n) is 10.8. The van der Waals surface area contributed by atoms with Gasteiger partial charge in [0.2, 0.25) is 0 Å². The van der Waals surface area contributed by atoms with Crippen molar-refractivity contribution in [2.24, 2.45) is 0 Å². The van der Waals surface area contributed by atoms with Crippen molar-refractivity contribution in [1.29, 1.82) is 0 Å². The fourth-order valence-electron chi connectivity index (χ4n) is 4.20. The number of aromatic amines is 1. The predicted molar refractivity (Wildman–Crippen MR) is 127 cm³/mol. The molecule has 0 spiro atoms. The highest BCUT2D eigenvalue weighted by Crippen LogP contribution is 2.23. The van der Waals surface area contributed by atoms with Gasteiger partial charge in [0, 0.05) is 47.3 Å². The van der Waals surface area contributed by atoms with Crippen LogP contribution in [-0.4, -0.2) is 27.8 Å². The molecule has 5 nitrogen and oxygen atoms in total. The minimum Gasteiger partial charge on any atom is -0.361 e. The summed E-state index contributed by atoms with van der Waals surface area (Å²) in [6.07, 6.45) is 4.26. The van der Waals surface area contributed by atoms with Crippen molar-refractivity contribution in [3.63, 3.8) is 0 Å². The highest BCUT2D eigenvalue weighted by molar-refractivity contribution is 6.45. The van der Waals surface area contributed by atoms with Crippen LogP contribution >= 0.6 is 0 Å². The van der Waals surface area contributed by atoms with Crippen LogP contribution in [0.5, 0.6) is 0 Å². The van der Waals surface area contributed by atoms with Gasteiger partial charge in [0.25, 0.3) is 11.7 Å². The fourth-order valence-corrected chi connectivity index (χ4v) is 4.20. The van der Waals surface area contributed by atoms with E-state index in [0.717, 1.165) is 32.9 Å². The van der Waals surface area contributed by atoms with Gasteiger partial charge in [-0.05, 0) is 41.8 Å². The number of nitrogens with one attached hydrogen (secondary N) is 2. The Balaban J connectivity index is 1.32.